The molecule has 0 aliphatic carbocycles. The molecule has 24 heavy (non-hydrogen) atoms. The fraction of sp³-hybridized carbons (Fsp3) is 0.778. The number of fused-ring (bicyclic) bond motifs is 1. The molecule has 0 aromatic carbocycles. The Hall–Kier alpha value is -1.72. The maximum atomic E-state index is 5.90. The summed E-state index contributed by atoms with van der Waals surface area (Å²) in [6.07, 6.45) is 15.3. The monoisotopic (exact) mass is 332 g/mol. The molecule has 0 saturated carbocycles. The summed E-state index contributed by atoms with van der Waals surface area (Å²) in [6.45, 7) is 4.50. The lowest BCUT2D eigenvalue weighted by Gasteiger charge is -2.17. The van der Waals surface area contributed by atoms with Crippen LogP contribution in [0.1, 0.15) is 90.5 Å². The standard InChI is InChI=1S/C18H32N6/c1-3-5-7-9-11-13-15(12-10-8-6-4-2)24-18-16(22-23-24)17(19)20-14-21-18/h14-15H,3-13H2,1-2H3,(H2,19,20,21). The van der Waals surface area contributed by atoms with Gasteiger partial charge in [0.2, 0.25) is 0 Å². The number of nitrogens with two attached hydrogens (primary N) is 1. The Morgan fingerprint density at radius 3 is 2.21 bits per heavy atom. The zero-order valence-corrected chi connectivity index (χ0v) is 15.2. The molecule has 1 atom stereocenters. The topological polar surface area (TPSA) is 82.5 Å². The van der Waals surface area contributed by atoms with E-state index in [9.17, 15) is 0 Å². The van der Waals surface area contributed by atoms with E-state index in [0.717, 1.165) is 18.5 Å². The molecule has 0 bridgehead atoms. The summed E-state index contributed by atoms with van der Waals surface area (Å²) in [5.74, 6) is 0.416. The average Bonchev–Trinajstić information content (AvgIpc) is 3.02. The van der Waals surface area contributed by atoms with Crippen LogP contribution in [0.2, 0.25) is 0 Å². The Balaban J connectivity index is 2.03. The number of nitrogen functional groups attached to an aromatic ring is 1. The molecule has 0 amide bonds. The van der Waals surface area contributed by atoms with Crippen LogP contribution in [0, 0.1) is 0 Å². The van der Waals surface area contributed by atoms with Gasteiger partial charge in [0, 0.05) is 0 Å². The molecule has 6 heteroatoms. The third-order valence-electron chi connectivity index (χ3n) is 4.67. The van der Waals surface area contributed by atoms with E-state index in [1.807, 2.05) is 4.68 Å². The van der Waals surface area contributed by atoms with E-state index in [1.54, 1.807) is 0 Å². The van der Waals surface area contributed by atoms with Crippen molar-refractivity contribution in [1.82, 2.24) is 25.0 Å². The molecular formula is C18H32N6. The van der Waals surface area contributed by atoms with Crippen molar-refractivity contribution in [3.05, 3.63) is 6.33 Å². The molecule has 0 spiro atoms. The highest BCUT2D eigenvalue weighted by Crippen LogP contribution is 2.26. The first-order valence-corrected chi connectivity index (χ1v) is 9.59. The molecule has 1 unspecified atom stereocenters. The van der Waals surface area contributed by atoms with Crippen molar-refractivity contribution in [1.29, 1.82) is 0 Å². The molecule has 134 valence electrons. The minimum atomic E-state index is 0.364. The zero-order chi connectivity index (χ0) is 17.2. The van der Waals surface area contributed by atoms with Crippen molar-refractivity contribution in [2.45, 2.75) is 90.5 Å². The first-order valence-electron chi connectivity index (χ1n) is 9.59. The van der Waals surface area contributed by atoms with E-state index in [4.69, 9.17) is 5.73 Å². The lowest BCUT2D eigenvalue weighted by Crippen LogP contribution is -2.12. The molecule has 2 aromatic rings. The lowest BCUT2D eigenvalue weighted by molar-refractivity contribution is 0.368. The third kappa shape index (κ3) is 5.14. The Morgan fingerprint density at radius 1 is 0.917 bits per heavy atom. The summed E-state index contributed by atoms with van der Waals surface area (Å²) in [5, 5.41) is 8.56. The van der Waals surface area contributed by atoms with Gasteiger partial charge in [0.05, 0.1) is 6.04 Å². The van der Waals surface area contributed by atoms with Gasteiger partial charge in [-0.2, -0.15) is 0 Å². The van der Waals surface area contributed by atoms with Crippen LogP contribution in [0.4, 0.5) is 5.82 Å². The molecule has 0 aliphatic rings. The van der Waals surface area contributed by atoms with Crippen LogP contribution in [-0.2, 0) is 0 Å². The van der Waals surface area contributed by atoms with Crippen molar-refractivity contribution in [2.75, 3.05) is 5.73 Å². The van der Waals surface area contributed by atoms with Gasteiger partial charge < -0.3 is 5.73 Å². The minimum absolute atomic E-state index is 0.364. The van der Waals surface area contributed by atoms with E-state index in [-0.39, 0.29) is 0 Å². The third-order valence-corrected chi connectivity index (χ3v) is 4.67. The normalized spacial score (nSPS) is 12.8. The molecule has 0 saturated heterocycles. The maximum absolute atomic E-state index is 5.90. The van der Waals surface area contributed by atoms with E-state index < -0.39 is 0 Å². The Labute approximate surface area is 145 Å². The van der Waals surface area contributed by atoms with Crippen LogP contribution in [0.5, 0.6) is 0 Å². The molecule has 0 fully saturated rings. The summed E-state index contributed by atoms with van der Waals surface area (Å²) < 4.78 is 1.99. The van der Waals surface area contributed by atoms with Crippen LogP contribution in [0.3, 0.4) is 0 Å². The Bertz CT molecular complexity index is 594. The summed E-state index contributed by atoms with van der Waals surface area (Å²) in [5.41, 5.74) is 7.30. The van der Waals surface area contributed by atoms with Gasteiger partial charge in [-0.1, -0.05) is 76.8 Å². The quantitative estimate of drug-likeness (QED) is 0.571. The van der Waals surface area contributed by atoms with Gasteiger partial charge in [-0.25, -0.2) is 14.6 Å². The fourth-order valence-corrected chi connectivity index (χ4v) is 3.21. The second-order valence-corrected chi connectivity index (χ2v) is 6.67. The number of hydrogen-bond acceptors (Lipinski definition) is 5. The fourth-order valence-electron chi connectivity index (χ4n) is 3.21. The highest BCUT2D eigenvalue weighted by atomic mass is 15.5. The van der Waals surface area contributed by atoms with Crippen LogP contribution in [-0.4, -0.2) is 25.0 Å². The zero-order valence-electron chi connectivity index (χ0n) is 15.2. The number of nitrogens with zero attached hydrogens (tertiary/aromatic N) is 5. The van der Waals surface area contributed by atoms with Gasteiger partial charge in [-0.15, -0.1) is 5.10 Å². The largest absolute Gasteiger partial charge is 0.382 e. The van der Waals surface area contributed by atoms with Crippen molar-refractivity contribution in [2.24, 2.45) is 0 Å². The van der Waals surface area contributed by atoms with Gasteiger partial charge in [0.15, 0.2) is 17.0 Å². The number of aromatic nitrogens is 5. The molecule has 2 heterocycles. The maximum Gasteiger partial charge on any atom is 0.184 e. The van der Waals surface area contributed by atoms with Gasteiger partial charge in [-0.05, 0) is 12.8 Å². The Morgan fingerprint density at radius 2 is 1.54 bits per heavy atom. The molecule has 6 nitrogen and oxygen atoms in total. The van der Waals surface area contributed by atoms with E-state index in [1.165, 1.54) is 64.1 Å². The van der Waals surface area contributed by atoms with Gasteiger partial charge >= 0.3 is 0 Å². The molecule has 0 aliphatic heterocycles. The van der Waals surface area contributed by atoms with Gasteiger partial charge in [0.1, 0.15) is 6.33 Å². The van der Waals surface area contributed by atoms with Crippen molar-refractivity contribution >= 4 is 17.0 Å². The van der Waals surface area contributed by atoms with Gasteiger partial charge in [-0.3, -0.25) is 0 Å². The van der Waals surface area contributed by atoms with E-state index in [0.29, 0.717) is 17.4 Å². The van der Waals surface area contributed by atoms with Crippen molar-refractivity contribution in [3.8, 4) is 0 Å². The second kappa shape index (κ2) is 10.2. The number of hydrogen-bond donors (Lipinski definition) is 1. The first kappa shape index (κ1) is 18.6. The Kier molecular flexibility index (Phi) is 7.92. The van der Waals surface area contributed by atoms with E-state index in [2.05, 4.69) is 34.1 Å². The molecular weight excluding hydrogens is 300 g/mol. The summed E-state index contributed by atoms with van der Waals surface area (Å²) >= 11 is 0. The predicted octanol–water partition coefficient (Wildman–Crippen LogP) is 4.68. The first-order chi connectivity index (χ1) is 11.8. The smallest absolute Gasteiger partial charge is 0.184 e. The van der Waals surface area contributed by atoms with Crippen molar-refractivity contribution in [3.63, 3.8) is 0 Å². The number of rotatable bonds is 12. The number of anilines is 1. The molecule has 2 N–H and O–H groups in total. The summed E-state index contributed by atoms with van der Waals surface area (Å²) in [7, 11) is 0. The number of unbranched alkanes of at least 4 members (excludes halogenated alkanes) is 7. The lowest BCUT2D eigenvalue weighted by atomic mass is 10.0. The summed E-state index contributed by atoms with van der Waals surface area (Å²) in [6, 6.07) is 0.364. The molecule has 2 aromatic heterocycles. The van der Waals surface area contributed by atoms with Crippen molar-refractivity contribution < 1.29 is 0 Å². The second-order valence-electron chi connectivity index (χ2n) is 6.67. The SMILES string of the molecule is CCCCCCCC(CCCCCC)n1nnc2c(N)ncnc21. The predicted molar refractivity (Wildman–Crippen MR) is 98.7 cm³/mol. The summed E-state index contributed by atoms with van der Waals surface area (Å²) in [4.78, 5) is 8.39. The van der Waals surface area contributed by atoms with E-state index >= 15 is 0 Å². The molecule has 0 radical (unpaired) electrons. The highest BCUT2D eigenvalue weighted by molar-refractivity contribution is 5.80. The van der Waals surface area contributed by atoms with Crippen LogP contribution < -0.4 is 5.73 Å². The van der Waals surface area contributed by atoms with Crippen LogP contribution >= 0.6 is 0 Å². The minimum Gasteiger partial charge on any atom is -0.382 e. The van der Waals surface area contributed by atoms with Crippen LogP contribution in [0.25, 0.3) is 11.2 Å². The molecule has 2 rings (SSSR count). The average molecular weight is 332 g/mol. The highest BCUT2D eigenvalue weighted by Gasteiger charge is 2.18. The van der Waals surface area contributed by atoms with Crippen LogP contribution in [0.15, 0.2) is 6.33 Å². The van der Waals surface area contributed by atoms with Gasteiger partial charge in [0.25, 0.3) is 0 Å².